The summed E-state index contributed by atoms with van der Waals surface area (Å²) in [7, 11) is 3.70. The molecule has 1 atom stereocenters. The Labute approximate surface area is 126 Å². The molecule has 6 nitrogen and oxygen atoms in total. The van der Waals surface area contributed by atoms with E-state index in [0.29, 0.717) is 18.5 Å². The van der Waals surface area contributed by atoms with Crippen LogP contribution in [0.1, 0.15) is 32.0 Å². The SMILES string of the molecule is CCNc1cc(N(C)CC2CCCCO2)nc(COC)n1. The highest BCUT2D eigenvalue weighted by Gasteiger charge is 2.17. The molecule has 0 saturated carbocycles. The van der Waals surface area contributed by atoms with Crippen LogP contribution in [0, 0.1) is 0 Å². The number of rotatable bonds is 7. The maximum absolute atomic E-state index is 5.80. The molecule has 0 spiro atoms. The highest BCUT2D eigenvalue weighted by atomic mass is 16.5. The van der Waals surface area contributed by atoms with Crippen LogP contribution in [0.3, 0.4) is 0 Å². The number of hydrogen-bond acceptors (Lipinski definition) is 6. The van der Waals surface area contributed by atoms with Gasteiger partial charge in [-0.3, -0.25) is 0 Å². The fourth-order valence-corrected chi connectivity index (χ4v) is 2.49. The van der Waals surface area contributed by atoms with E-state index in [2.05, 4.69) is 27.1 Å². The number of aromatic nitrogens is 2. The van der Waals surface area contributed by atoms with Gasteiger partial charge < -0.3 is 19.7 Å². The normalized spacial score (nSPS) is 18.5. The highest BCUT2D eigenvalue weighted by molar-refractivity contribution is 5.49. The lowest BCUT2D eigenvalue weighted by atomic mass is 10.1. The fourth-order valence-electron chi connectivity index (χ4n) is 2.49. The van der Waals surface area contributed by atoms with Crippen LogP contribution in [-0.2, 0) is 16.1 Å². The standard InChI is InChI=1S/C15H26N4O2/c1-4-16-13-9-15(18-14(17-13)11-20-3)19(2)10-12-7-5-6-8-21-12/h9,12H,4-8,10-11H2,1-3H3,(H,16,17,18). The Morgan fingerprint density at radius 3 is 2.95 bits per heavy atom. The van der Waals surface area contributed by atoms with Crippen molar-refractivity contribution in [2.24, 2.45) is 0 Å². The molecule has 0 bridgehead atoms. The summed E-state index contributed by atoms with van der Waals surface area (Å²) in [5.74, 6) is 2.44. The van der Waals surface area contributed by atoms with Crippen molar-refractivity contribution in [2.45, 2.75) is 38.9 Å². The molecule has 2 heterocycles. The Hall–Kier alpha value is -1.40. The lowest BCUT2D eigenvalue weighted by Crippen LogP contribution is -2.34. The lowest BCUT2D eigenvalue weighted by Gasteiger charge is -2.28. The van der Waals surface area contributed by atoms with E-state index < -0.39 is 0 Å². The zero-order valence-electron chi connectivity index (χ0n) is 13.3. The largest absolute Gasteiger partial charge is 0.377 e. The molecule has 1 aromatic heterocycles. The van der Waals surface area contributed by atoms with E-state index >= 15 is 0 Å². The fraction of sp³-hybridized carbons (Fsp3) is 0.733. The van der Waals surface area contributed by atoms with Crippen LogP contribution in [0.15, 0.2) is 6.07 Å². The lowest BCUT2D eigenvalue weighted by molar-refractivity contribution is 0.0215. The van der Waals surface area contributed by atoms with Crippen molar-refractivity contribution in [2.75, 3.05) is 44.1 Å². The third-order valence-electron chi connectivity index (χ3n) is 3.53. The van der Waals surface area contributed by atoms with Gasteiger partial charge in [-0.05, 0) is 26.2 Å². The first kappa shape index (κ1) is 16.0. The number of nitrogens with zero attached hydrogens (tertiary/aromatic N) is 3. The molecule has 0 aromatic carbocycles. The number of methoxy groups -OCH3 is 1. The molecule has 1 aromatic rings. The molecule has 1 aliphatic heterocycles. The van der Waals surface area contributed by atoms with Crippen molar-refractivity contribution in [3.8, 4) is 0 Å². The zero-order valence-corrected chi connectivity index (χ0v) is 13.3. The van der Waals surface area contributed by atoms with Gasteiger partial charge >= 0.3 is 0 Å². The molecule has 1 saturated heterocycles. The van der Waals surface area contributed by atoms with Gasteiger partial charge in [-0.15, -0.1) is 0 Å². The molecule has 6 heteroatoms. The Kier molecular flexibility index (Phi) is 6.20. The van der Waals surface area contributed by atoms with Gasteiger partial charge in [-0.1, -0.05) is 0 Å². The van der Waals surface area contributed by atoms with E-state index in [1.807, 2.05) is 13.1 Å². The Morgan fingerprint density at radius 2 is 2.29 bits per heavy atom. The third kappa shape index (κ3) is 4.82. The van der Waals surface area contributed by atoms with Crippen molar-refractivity contribution < 1.29 is 9.47 Å². The number of likely N-dealkylation sites (N-methyl/N-ethyl adjacent to an activating group) is 1. The van der Waals surface area contributed by atoms with Crippen LogP contribution in [0.25, 0.3) is 0 Å². The summed E-state index contributed by atoms with van der Waals surface area (Å²) in [6.45, 7) is 5.03. The quantitative estimate of drug-likeness (QED) is 0.830. The molecule has 2 rings (SSSR count). The minimum Gasteiger partial charge on any atom is -0.377 e. The maximum Gasteiger partial charge on any atom is 0.158 e. The molecular weight excluding hydrogens is 268 g/mol. The monoisotopic (exact) mass is 294 g/mol. The van der Waals surface area contributed by atoms with Gasteiger partial charge in [0.2, 0.25) is 0 Å². The Morgan fingerprint density at radius 1 is 1.43 bits per heavy atom. The summed E-state index contributed by atoms with van der Waals surface area (Å²) in [6.07, 6.45) is 3.85. The van der Waals surface area contributed by atoms with Gasteiger partial charge in [0.25, 0.3) is 0 Å². The zero-order chi connectivity index (χ0) is 15.1. The van der Waals surface area contributed by atoms with Crippen molar-refractivity contribution in [3.05, 3.63) is 11.9 Å². The summed E-state index contributed by atoms with van der Waals surface area (Å²) >= 11 is 0. The van der Waals surface area contributed by atoms with Gasteiger partial charge in [0.1, 0.15) is 18.2 Å². The Bertz CT molecular complexity index is 411. The van der Waals surface area contributed by atoms with E-state index in [-0.39, 0.29) is 0 Å². The van der Waals surface area contributed by atoms with Crippen LogP contribution in [0.2, 0.25) is 0 Å². The number of hydrogen-bond donors (Lipinski definition) is 1. The van der Waals surface area contributed by atoms with E-state index in [1.54, 1.807) is 7.11 Å². The molecule has 0 amide bonds. The minimum absolute atomic E-state index is 0.298. The molecule has 0 aliphatic carbocycles. The second kappa shape index (κ2) is 8.14. The maximum atomic E-state index is 5.80. The van der Waals surface area contributed by atoms with Gasteiger partial charge in [-0.2, -0.15) is 0 Å². The summed E-state index contributed by atoms with van der Waals surface area (Å²) in [6, 6.07) is 1.98. The van der Waals surface area contributed by atoms with Crippen LogP contribution < -0.4 is 10.2 Å². The first-order valence-electron chi connectivity index (χ1n) is 7.66. The van der Waals surface area contributed by atoms with Crippen molar-refractivity contribution in [1.29, 1.82) is 0 Å². The third-order valence-corrected chi connectivity index (χ3v) is 3.53. The average molecular weight is 294 g/mol. The number of anilines is 2. The van der Waals surface area contributed by atoms with Crippen LogP contribution in [-0.4, -0.2) is 49.9 Å². The smallest absolute Gasteiger partial charge is 0.158 e. The average Bonchev–Trinajstić information content (AvgIpc) is 2.49. The molecular formula is C15H26N4O2. The Balaban J connectivity index is 2.08. The molecule has 1 unspecified atom stereocenters. The van der Waals surface area contributed by atoms with Gasteiger partial charge in [0.15, 0.2) is 5.82 Å². The van der Waals surface area contributed by atoms with E-state index in [4.69, 9.17) is 9.47 Å². The summed E-state index contributed by atoms with van der Waals surface area (Å²) < 4.78 is 10.9. The first-order valence-corrected chi connectivity index (χ1v) is 7.66. The predicted molar refractivity (Wildman–Crippen MR) is 83.8 cm³/mol. The molecule has 1 N–H and O–H groups in total. The van der Waals surface area contributed by atoms with E-state index in [9.17, 15) is 0 Å². The molecule has 1 fully saturated rings. The van der Waals surface area contributed by atoms with Gasteiger partial charge in [0, 0.05) is 39.9 Å². The molecule has 21 heavy (non-hydrogen) atoms. The van der Waals surface area contributed by atoms with E-state index in [1.165, 1.54) is 12.8 Å². The van der Waals surface area contributed by atoms with Gasteiger partial charge in [-0.25, -0.2) is 9.97 Å². The minimum atomic E-state index is 0.298. The molecule has 1 aliphatic rings. The summed E-state index contributed by atoms with van der Waals surface area (Å²) in [5.41, 5.74) is 0. The van der Waals surface area contributed by atoms with Crippen molar-refractivity contribution in [1.82, 2.24) is 9.97 Å². The highest BCUT2D eigenvalue weighted by Crippen LogP contribution is 2.19. The second-order valence-corrected chi connectivity index (χ2v) is 5.36. The molecule has 118 valence electrons. The second-order valence-electron chi connectivity index (χ2n) is 5.36. The predicted octanol–water partition coefficient (Wildman–Crippen LogP) is 2.06. The van der Waals surface area contributed by atoms with Crippen LogP contribution in [0.4, 0.5) is 11.6 Å². The van der Waals surface area contributed by atoms with Crippen LogP contribution >= 0.6 is 0 Å². The van der Waals surface area contributed by atoms with Crippen molar-refractivity contribution >= 4 is 11.6 Å². The summed E-state index contributed by atoms with van der Waals surface area (Å²) in [5, 5.41) is 3.24. The topological polar surface area (TPSA) is 59.5 Å². The van der Waals surface area contributed by atoms with E-state index in [0.717, 1.165) is 37.8 Å². The number of nitrogens with one attached hydrogen (secondary N) is 1. The van der Waals surface area contributed by atoms with Crippen LogP contribution in [0.5, 0.6) is 0 Å². The van der Waals surface area contributed by atoms with Crippen molar-refractivity contribution in [3.63, 3.8) is 0 Å². The number of ether oxygens (including phenoxy) is 2. The molecule has 0 radical (unpaired) electrons. The first-order chi connectivity index (χ1) is 10.2. The van der Waals surface area contributed by atoms with Gasteiger partial charge in [0.05, 0.1) is 6.10 Å². The summed E-state index contributed by atoms with van der Waals surface area (Å²) in [4.78, 5) is 11.1.